The number of aryl methyl sites for hydroxylation is 2. The van der Waals surface area contributed by atoms with Crippen LogP contribution in [0.2, 0.25) is 0 Å². The molecule has 0 aliphatic carbocycles. The van der Waals surface area contributed by atoms with E-state index in [1.165, 1.54) is 17.7 Å². The van der Waals surface area contributed by atoms with Crippen molar-refractivity contribution in [1.82, 2.24) is 16.0 Å². The number of carbonyl (C=O) groups is 3. The fraction of sp³-hybridized carbons (Fsp3) is 0.464. The fourth-order valence-corrected chi connectivity index (χ4v) is 3.57. The molecule has 214 valence electrons. The van der Waals surface area contributed by atoms with E-state index in [0.29, 0.717) is 12.0 Å². The number of hydrogen-bond acceptors (Lipinski definition) is 5. The zero-order valence-electron chi connectivity index (χ0n) is 22.6. The van der Waals surface area contributed by atoms with Crippen molar-refractivity contribution < 1.29 is 37.0 Å². The molecule has 0 aromatic heterocycles. The maximum atomic E-state index is 13.0. The highest BCUT2D eigenvalue weighted by Gasteiger charge is 2.31. The summed E-state index contributed by atoms with van der Waals surface area (Å²) < 4.78 is 46.1. The maximum absolute atomic E-state index is 13.0. The number of ether oxygens (including phenoxy) is 2. The summed E-state index contributed by atoms with van der Waals surface area (Å²) in [5.41, 5.74) is 2.02. The lowest BCUT2D eigenvalue weighted by molar-refractivity contribution is -0.274. The average molecular weight is 552 g/mol. The first-order valence-electron chi connectivity index (χ1n) is 12.7. The third kappa shape index (κ3) is 13.0. The summed E-state index contributed by atoms with van der Waals surface area (Å²) >= 11 is 0. The third-order valence-corrected chi connectivity index (χ3v) is 5.35. The lowest BCUT2D eigenvalue weighted by Crippen LogP contribution is -2.49. The van der Waals surface area contributed by atoms with Gasteiger partial charge in [-0.15, -0.1) is 13.2 Å². The summed E-state index contributed by atoms with van der Waals surface area (Å²) in [5, 5.41) is 7.70. The van der Waals surface area contributed by atoms with Gasteiger partial charge in [0.2, 0.25) is 11.8 Å². The molecule has 8 nitrogen and oxygen atoms in total. The molecule has 2 rings (SSSR count). The molecule has 2 aromatic rings. The van der Waals surface area contributed by atoms with E-state index in [1.54, 1.807) is 20.8 Å². The molecule has 2 aromatic carbocycles. The molecule has 0 aliphatic rings. The van der Waals surface area contributed by atoms with Crippen molar-refractivity contribution in [3.63, 3.8) is 0 Å². The van der Waals surface area contributed by atoms with Crippen LogP contribution in [0.5, 0.6) is 5.75 Å². The van der Waals surface area contributed by atoms with Gasteiger partial charge in [0.1, 0.15) is 23.9 Å². The highest BCUT2D eigenvalue weighted by molar-refractivity contribution is 5.89. The minimum Gasteiger partial charge on any atom is -0.444 e. The normalized spacial score (nSPS) is 12.3. The lowest BCUT2D eigenvalue weighted by atomic mass is 10.0. The summed E-state index contributed by atoms with van der Waals surface area (Å²) in [6.45, 7) is 6.82. The van der Waals surface area contributed by atoms with Crippen molar-refractivity contribution in [2.24, 2.45) is 0 Å². The van der Waals surface area contributed by atoms with Gasteiger partial charge < -0.3 is 25.4 Å². The van der Waals surface area contributed by atoms with E-state index in [9.17, 15) is 27.6 Å². The molecule has 0 bridgehead atoms. The van der Waals surface area contributed by atoms with Crippen LogP contribution in [0.4, 0.5) is 18.0 Å². The van der Waals surface area contributed by atoms with E-state index >= 15 is 0 Å². The maximum Gasteiger partial charge on any atom is 0.573 e. The number of amides is 3. The predicted octanol–water partition coefficient (Wildman–Crippen LogP) is 4.80. The molecule has 3 amide bonds. The van der Waals surface area contributed by atoms with Gasteiger partial charge in [-0.1, -0.05) is 49.7 Å². The number of alkyl carbamates (subject to hydrolysis) is 1. The molecule has 0 saturated carbocycles. The molecule has 0 unspecified atom stereocenters. The lowest BCUT2D eigenvalue weighted by Gasteiger charge is -2.21. The first kappa shape index (κ1) is 31.5. The Morgan fingerprint density at radius 2 is 1.41 bits per heavy atom. The summed E-state index contributed by atoms with van der Waals surface area (Å²) in [7, 11) is 0. The molecule has 0 saturated heterocycles. The summed E-state index contributed by atoms with van der Waals surface area (Å²) in [6.07, 6.45) is -2.76. The van der Waals surface area contributed by atoms with Crippen LogP contribution in [-0.4, -0.2) is 42.5 Å². The average Bonchev–Trinajstić information content (AvgIpc) is 2.84. The first-order valence-corrected chi connectivity index (χ1v) is 12.7. The smallest absolute Gasteiger partial charge is 0.444 e. The number of hydrogen-bond donors (Lipinski definition) is 3. The molecule has 0 spiro atoms. The Labute approximate surface area is 226 Å². The molecular weight excluding hydrogens is 515 g/mol. The van der Waals surface area contributed by atoms with Crippen LogP contribution < -0.4 is 20.7 Å². The first-order chi connectivity index (χ1) is 18.2. The van der Waals surface area contributed by atoms with Crippen LogP contribution >= 0.6 is 0 Å². The second-order valence-electron chi connectivity index (χ2n) is 9.99. The number of benzene rings is 2. The van der Waals surface area contributed by atoms with Crippen molar-refractivity contribution in [3.8, 4) is 5.75 Å². The van der Waals surface area contributed by atoms with Gasteiger partial charge in [0.05, 0.1) is 0 Å². The standard InChI is InChI=1S/C28H36F3N3O5/c1-5-6-19-7-9-20(10-8-19)13-16-23(34-24(35)18-33-26(37)39-27(2,3)4)25(36)32-17-21-11-14-22(15-12-21)38-28(29,30)31/h7-12,14-15,23H,5-6,13,16-18H2,1-4H3,(H,32,36)(H,33,37)(H,34,35)/t23-/m0/s1. The SMILES string of the molecule is CCCc1ccc(CC[C@H](NC(=O)CNC(=O)OC(C)(C)C)C(=O)NCc2ccc(OC(F)(F)F)cc2)cc1. The largest absolute Gasteiger partial charge is 0.573 e. The number of carbonyl (C=O) groups excluding carboxylic acids is 3. The van der Waals surface area contributed by atoms with Gasteiger partial charge in [-0.3, -0.25) is 9.59 Å². The van der Waals surface area contributed by atoms with E-state index in [2.05, 4.69) is 27.6 Å². The molecule has 1 atom stereocenters. The quantitative estimate of drug-likeness (QED) is 0.352. The number of nitrogens with one attached hydrogen (secondary N) is 3. The zero-order valence-corrected chi connectivity index (χ0v) is 22.6. The Morgan fingerprint density at radius 3 is 1.95 bits per heavy atom. The van der Waals surface area contributed by atoms with Gasteiger partial charge in [0.15, 0.2) is 0 Å². The van der Waals surface area contributed by atoms with Crippen LogP contribution in [0, 0.1) is 0 Å². The summed E-state index contributed by atoms with van der Waals surface area (Å²) in [6, 6.07) is 12.2. The van der Waals surface area contributed by atoms with Crippen molar-refractivity contribution in [1.29, 1.82) is 0 Å². The molecular formula is C28H36F3N3O5. The van der Waals surface area contributed by atoms with Crippen molar-refractivity contribution in [2.75, 3.05) is 6.54 Å². The predicted molar refractivity (Wildman–Crippen MR) is 140 cm³/mol. The van der Waals surface area contributed by atoms with Crippen LogP contribution in [0.15, 0.2) is 48.5 Å². The molecule has 0 heterocycles. The van der Waals surface area contributed by atoms with E-state index in [1.807, 2.05) is 24.3 Å². The van der Waals surface area contributed by atoms with Crippen LogP contribution in [-0.2, 0) is 33.7 Å². The van der Waals surface area contributed by atoms with Gasteiger partial charge >= 0.3 is 12.5 Å². The fourth-order valence-electron chi connectivity index (χ4n) is 3.57. The highest BCUT2D eigenvalue weighted by atomic mass is 19.4. The van der Waals surface area contributed by atoms with Crippen molar-refractivity contribution in [3.05, 3.63) is 65.2 Å². The Hall–Kier alpha value is -3.76. The van der Waals surface area contributed by atoms with E-state index in [-0.39, 0.29) is 25.3 Å². The van der Waals surface area contributed by atoms with Crippen LogP contribution in [0.25, 0.3) is 0 Å². The molecule has 0 fully saturated rings. The zero-order chi connectivity index (χ0) is 29.1. The molecule has 3 N–H and O–H groups in total. The van der Waals surface area contributed by atoms with Crippen LogP contribution in [0.1, 0.15) is 57.2 Å². The number of halogens is 3. The van der Waals surface area contributed by atoms with E-state index < -0.39 is 35.9 Å². The van der Waals surface area contributed by atoms with Gasteiger partial charge in [-0.25, -0.2) is 4.79 Å². The Morgan fingerprint density at radius 1 is 0.846 bits per heavy atom. The second-order valence-corrected chi connectivity index (χ2v) is 9.99. The monoisotopic (exact) mass is 551 g/mol. The molecule has 11 heteroatoms. The Bertz CT molecular complexity index is 1080. The Balaban J connectivity index is 2.00. The molecule has 0 aliphatic heterocycles. The minimum absolute atomic E-state index is 0.0272. The van der Waals surface area contributed by atoms with E-state index in [4.69, 9.17) is 4.74 Å². The van der Waals surface area contributed by atoms with Crippen molar-refractivity contribution >= 4 is 17.9 Å². The minimum atomic E-state index is -4.80. The number of rotatable bonds is 12. The van der Waals surface area contributed by atoms with Crippen LogP contribution in [0.3, 0.4) is 0 Å². The second kappa shape index (κ2) is 14.4. The van der Waals surface area contributed by atoms with Gasteiger partial charge in [-0.05, 0) is 68.9 Å². The van der Waals surface area contributed by atoms with Gasteiger partial charge in [0.25, 0.3) is 0 Å². The summed E-state index contributed by atoms with van der Waals surface area (Å²) in [5.74, 6) is -1.42. The highest BCUT2D eigenvalue weighted by Crippen LogP contribution is 2.22. The molecule has 39 heavy (non-hydrogen) atoms. The third-order valence-electron chi connectivity index (χ3n) is 5.35. The topological polar surface area (TPSA) is 106 Å². The summed E-state index contributed by atoms with van der Waals surface area (Å²) in [4.78, 5) is 37.4. The van der Waals surface area contributed by atoms with E-state index in [0.717, 1.165) is 30.5 Å². The van der Waals surface area contributed by atoms with Gasteiger partial charge in [0, 0.05) is 6.54 Å². The number of alkyl halides is 3. The Kier molecular flexibility index (Phi) is 11.6. The molecule has 0 radical (unpaired) electrons. The van der Waals surface area contributed by atoms with Crippen molar-refractivity contribution in [2.45, 2.75) is 77.9 Å². The van der Waals surface area contributed by atoms with Gasteiger partial charge in [-0.2, -0.15) is 0 Å².